The lowest BCUT2D eigenvalue weighted by atomic mass is 9.90. The lowest BCUT2D eigenvalue weighted by Crippen LogP contribution is -2.41. The third kappa shape index (κ3) is 7.45. The summed E-state index contributed by atoms with van der Waals surface area (Å²) >= 11 is 0. The molecule has 1 atom stereocenters. The number of likely N-dealkylation sites (tertiary alicyclic amines) is 1. The number of piperidine rings is 1. The molecule has 0 aromatic rings. The molecule has 1 amide bonds. The third-order valence-corrected chi connectivity index (χ3v) is 4.31. The van der Waals surface area contributed by atoms with E-state index in [-0.39, 0.29) is 6.09 Å². The van der Waals surface area contributed by atoms with Gasteiger partial charge < -0.3 is 19.9 Å². The van der Waals surface area contributed by atoms with E-state index in [0.29, 0.717) is 6.04 Å². The molecule has 1 heterocycles. The van der Waals surface area contributed by atoms with Crippen molar-refractivity contribution in [1.29, 1.82) is 0 Å². The Morgan fingerprint density at radius 2 is 1.95 bits per heavy atom. The molecule has 1 aliphatic heterocycles. The van der Waals surface area contributed by atoms with Crippen molar-refractivity contribution in [3.63, 3.8) is 0 Å². The normalized spacial score (nSPS) is 19.0. The summed E-state index contributed by atoms with van der Waals surface area (Å²) in [6, 6.07) is 0.556. The van der Waals surface area contributed by atoms with Crippen molar-refractivity contribution in [1.82, 2.24) is 15.1 Å². The minimum absolute atomic E-state index is 0.240. The van der Waals surface area contributed by atoms with Gasteiger partial charge in [0.15, 0.2) is 0 Å². The summed E-state index contributed by atoms with van der Waals surface area (Å²) in [5, 5.41) is 3.61. The van der Waals surface area contributed by atoms with Crippen LogP contribution in [-0.2, 0) is 4.74 Å². The number of carbonyl (C=O) groups is 1. The van der Waals surface area contributed by atoms with Crippen molar-refractivity contribution >= 4 is 6.09 Å². The van der Waals surface area contributed by atoms with Crippen LogP contribution in [-0.4, -0.2) is 67.8 Å². The molecule has 1 fully saturated rings. The Kier molecular flexibility index (Phi) is 7.63. The van der Waals surface area contributed by atoms with Crippen LogP contribution in [0.2, 0.25) is 0 Å². The molecule has 0 radical (unpaired) electrons. The van der Waals surface area contributed by atoms with Crippen LogP contribution in [0.1, 0.15) is 47.0 Å². The zero-order valence-electron chi connectivity index (χ0n) is 15.3. The lowest BCUT2D eigenvalue weighted by molar-refractivity contribution is 0.0297. The van der Waals surface area contributed by atoms with Gasteiger partial charge in [0.05, 0.1) is 0 Å². The summed E-state index contributed by atoms with van der Waals surface area (Å²) in [7, 11) is 4.00. The Morgan fingerprint density at radius 1 is 1.36 bits per heavy atom. The zero-order chi connectivity index (χ0) is 16.8. The molecule has 0 aromatic carbocycles. The third-order valence-electron chi connectivity index (χ3n) is 4.31. The fourth-order valence-electron chi connectivity index (χ4n) is 2.77. The second-order valence-electron chi connectivity index (χ2n) is 7.64. The van der Waals surface area contributed by atoms with E-state index < -0.39 is 5.60 Å². The highest BCUT2D eigenvalue weighted by molar-refractivity contribution is 5.67. The molecule has 0 aromatic heterocycles. The van der Waals surface area contributed by atoms with E-state index in [1.807, 2.05) is 20.8 Å². The smallest absolute Gasteiger partial charge is 0.410 e. The maximum absolute atomic E-state index is 11.8. The van der Waals surface area contributed by atoms with E-state index >= 15 is 0 Å². The Bertz CT molecular complexity index is 333. The average Bonchev–Trinajstić information content (AvgIpc) is 2.42. The van der Waals surface area contributed by atoms with Crippen molar-refractivity contribution in [2.75, 3.05) is 40.3 Å². The Morgan fingerprint density at radius 3 is 2.50 bits per heavy atom. The molecule has 1 N–H and O–H groups in total. The predicted molar refractivity (Wildman–Crippen MR) is 91.2 cm³/mol. The van der Waals surface area contributed by atoms with Gasteiger partial charge in [-0.2, -0.15) is 0 Å². The van der Waals surface area contributed by atoms with Gasteiger partial charge in [-0.3, -0.25) is 0 Å². The molecule has 1 aliphatic rings. The van der Waals surface area contributed by atoms with Crippen LogP contribution in [0.3, 0.4) is 0 Å². The number of ether oxygens (including phenoxy) is 1. The van der Waals surface area contributed by atoms with Crippen molar-refractivity contribution in [2.45, 2.75) is 58.6 Å². The SMILES string of the molecule is CC(NCCCN(C)C(=O)OC(C)(C)C)C1CCN(C)CC1. The second-order valence-corrected chi connectivity index (χ2v) is 7.64. The van der Waals surface area contributed by atoms with Crippen LogP contribution in [0.5, 0.6) is 0 Å². The molecule has 0 aliphatic carbocycles. The first-order chi connectivity index (χ1) is 10.2. The van der Waals surface area contributed by atoms with Crippen molar-refractivity contribution in [3.8, 4) is 0 Å². The largest absolute Gasteiger partial charge is 0.444 e. The van der Waals surface area contributed by atoms with Gasteiger partial charge in [-0.1, -0.05) is 0 Å². The summed E-state index contributed by atoms with van der Waals surface area (Å²) in [5.41, 5.74) is -0.424. The molecular weight excluding hydrogens is 278 g/mol. The standard InChI is InChI=1S/C17H35N3O2/c1-14(15-8-12-19(5)13-9-15)18-10-7-11-20(6)16(21)22-17(2,3)4/h14-15,18H,7-13H2,1-6H3. The lowest BCUT2D eigenvalue weighted by Gasteiger charge is -2.33. The van der Waals surface area contributed by atoms with E-state index in [1.165, 1.54) is 25.9 Å². The molecule has 22 heavy (non-hydrogen) atoms. The van der Waals surface area contributed by atoms with Crippen molar-refractivity contribution in [2.24, 2.45) is 5.92 Å². The minimum Gasteiger partial charge on any atom is -0.444 e. The predicted octanol–water partition coefficient (Wildman–Crippen LogP) is 2.56. The van der Waals surface area contributed by atoms with Crippen molar-refractivity contribution in [3.05, 3.63) is 0 Å². The van der Waals surface area contributed by atoms with Gasteiger partial charge in [-0.15, -0.1) is 0 Å². The van der Waals surface area contributed by atoms with E-state index in [4.69, 9.17) is 4.74 Å². The van der Waals surface area contributed by atoms with Gasteiger partial charge in [0.25, 0.3) is 0 Å². The molecular formula is C17H35N3O2. The highest BCUT2D eigenvalue weighted by atomic mass is 16.6. The van der Waals surface area contributed by atoms with Gasteiger partial charge >= 0.3 is 6.09 Å². The molecule has 5 heteroatoms. The van der Waals surface area contributed by atoms with Gasteiger partial charge in [0.1, 0.15) is 5.60 Å². The Labute approximate surface area is 136 Å². The maximum atomic E-state index is 11.8. The summed E-state index contributed by atoms with van der Waals surface area (Å²) in [5.74, 6) is 0.778. The van der Waals surface area contributed by atoms with Crippen molar-refractivity contribution < 1.29 is 9.53 Å². The first kappa shape index (κ1) is 19.2. The van der Waals surface area contributed by atoms with E-state index in [2.05, 4.69) is 24.2 Å². The maximum Gasteiger partial charge on any atom is 0.410 e. The highest BCUT2D eigenvalue weighted by Crippen LogP contribution is 2.19. The van der Waals surface area contributed by atoms with Crippen LogP contribution in [0, 0.1) is 5.92 Å². The fraction of sp³-hybridized carbons (Fsp3) is 0.941. The van der Waals surface area contributed by atoms with E-state index in [9.17, 15) is 4.79 Å². The molecule has 1 unspecified atom stereocenters. The molecule has 1 saturated heterocycles. The van der Waals surface area contributed by atoms with Crippen LogP contribution >= 0.6 is 0 Å². The summed E-state index contributed by atoms with van der Waals surface area (Å²) in [6.45, 7) is 12.0. The molecule has 1 rings (SSSR count). The van der Waals surface area contributed by atoms with Crippen LogP contribution in [0.15, 0.2) is 0 Å². The Balaban J connectivity index is 2.15. The summed E-state index contributed by atoms with van der Waals surface area (Å²) in [4.78, 5) is 15.9. The topological polar surface area (TPSA) is 44.8 Å². The molecule has 0 saturated carbocycles. The van der Waals surface area contributed by atoms with Crippen LogP contribution in [0.4, 0.5) is 4.79 Å². The van der Waals surface area contributed by atoms with Crippen LogP contribution in [0.25, 0.3) is 0 Å². The fourth-order valence-corrected chi connectivity index (χ4v) is 2.77. The first-order valence-electron chi connectivity index (χ1n) is 8.55. The number of rotatable bonds is 6. The number of hydrogen-bond donors (Lipinski definition) is 1. The minimum atomic E-state index is -0.424. The first-order valence-corrected chi connectivity index (χ1v) is 8.55. The number of amides is 1. The van der Waals surface area contributed by atoms with Gasteiger partial charge in [-0.25, -0.2) is 4.79 Å². The Hall–Kier alpha value is -0.810. The number of nitrogens with one attached hydrogen (secondary N) is 1. The average molecular weight is 313 g/mol. The van der Waals surface area contributed by atoms with E-state index in [0.717, 1.165) is 25.4 Å². The van der Waals surface area contributed by atoms with Gasteiger partial charge in [0, 0.05) is 19.6 Å². The summed E-state index contributed by atoms with van der Waals surface area (Å²) < 4.78 is 5.34. The zero-order valence-corrected chi connectivity index (χ0v) is 15.3. The molecule has 0 spiro atoms. The highest BCUT2D eigenvalue weighted by Gasteiger charge is 2.22. The number of carbonyl (C=O) groups excluding carboxylic acids is 1. The van der Waals surface area contributed by atoms with E-state index in [1.54, 1.807) is 11.9 Å². The monoisotopic (exact) mass is 313 g/mol. The molecule has 130 valence electrons. The van der Waals surface area contributed by atoms with Crippen LogP contribution < -0.4 is 5.32 Å². The quantitative estimate of drug-likeness (QED) is 0.766. The number of hydrogen-bond acceptors (Lipinski definition) is 4. The van der Waals surface area contributed by atoms with Gasteiger partial charge in [-0.05, 0) is 79.6 Å². The van der Waals surface area contributed by atoms with Gasteiger partial charge in [0.2, 0.25) is 0 Å². The molecule has 0 bridgehead atoms. The number of nitrogens with zero attached hydrogens (tertiary/aromatic N) is 2. The summed E-state index contributed by atoms with van der Waals surface area (Å²) in [6.07, 6.45) is 3.27. The molecule has 5 nitrogen and oxygen atoms in total. The second kappa shape index (κ2) is 8.73.